The number of amides is 2. The molecule has 0 saturated carbocycles. The van der Waals surface area contributed by atoms with Crippen molar-refractivity contribution in [2.24, 2.45) is 5.92 Å². The number of thiazole rings is 1. The third kappa shape index (κ3) is 5.00. The molecule has 2 amide bonds. The van der Waals surface area contributed by atoms with Gasteiger partial charge in [0, 0.05) is 20.0 Å². The smallest absolute Gasteiger partial charge is 0.243 e. The first-order chi connectivity index (χ1) is 15.8. The number of nitrogens with one attached hydrogen (secondary N) is 1. The maximum Gasteiger partial charge on any atom is 0.243 e. The van der Waals surface area contributed by atoms with Crippen molar-refractivity contribution in [3.63, 3.8) is 0 Å². The van der Waals surface area contributed by atoms with Crippen molar-refractivity contribution < 1.29 is 14.0 Å². The van der Waals surface area contributed by atoms with Crippen LogP contribution in [-0.2, 0) is 16.1 Å². The minimum Gasteiger partial charge on any atom is -0.449 e. The second-order valence-electron chi connectivity index (χ2n) is 8.88. The zero-order chi connectivity index (χ0) is 23.5. The van der Waals surface area contributed by atoms with Gasteiger partial charge in [0.15, 0.2) is 5.89 Å². The molecule has 1 N–H and O–H groups in total. The third-order valence-corrected chi connectivity index (χ3v) is 7.13. The highest BCUT2D eigenvalue weighted by molar-refractivity contribution is 7.13. The molecule has 33 heavy (non-hydrogen) atoms. The fourth-order valence-corrected chi connectivity index (χ4v) is 5.23. The number of carbonyl (C=O) groups excluding carboxylic acids is 2. The van der Waals surface area contributed by atoms with Gasteiger partial charge in [0.1, 0.15) is 12.3 Å². The van der Waals surface area contributed by atoms with Gasteiger partial charge < -0.3 is 14.6 Å². The van der Waals surface area contributed by atoms with Crippen LogP contribution in [0, 0.1) is 19.8 Å². The van der Waals surface area contributed by atoms with Gasteiger partial charge in [0.25, 0.3) is 0 Å². The number of benzene rings is 1. The first kappa shape index (κ1) is 23.2. The first-order valence-corrected chi connectivity index (χ1v) is 12.2. The van der Waals surface area contributed by atoms with Gasteiger partial charge >= 0.3 is 0 Å². The number of nitrogens with zero attached hydrogens (tertiary/aromatic N) is 3. The molecule has 3 aromatic rings. The van der Waals surface area contributed by atoms with E-state index in [9.17, 15) is 9.59 Å². The molecule has 0 aliphatic carbocycles. The van der Waals surface area contributed by atoms with Crippen LogP contribution in [-0.4, -0.2) is 39.3 Å². The maximum atomic E-state index is 13.4. The van der Waals surface area contributed by atoms with Crippen molar-refractivity contribution in [3.8, 4) is 10.4 Å². The van der Waals surface area contributed by atoms with E-state index in [0.29, 0.717) is 31.1 Å². The fourth-order valence-electron chi connectivity index (χ4n) is 4.42. The molecule has 2 aromatic heterocycles. The fraction of sp³-hybridized carbons (Fsp3) is 0.440. The van der Waals surface area contributed by atoms with Gasteiger partial charge in [0.05, 0.1) is 27.7 Å². The number of likely N-dealkylation sites (tertiary alicyclic amines) is 1. The van der Waals surface area contributed by atoms with Crippen LogP contribution in [0.1, 0.15) is 55.4 Å². The van der Waals surface area contributed by atoms with Gasteiger partial charge in [-0.1, -0.05) is 38.1 Å². The number of hydrogen-bond acceptors (Lipinski definition) is 6. The predicted octanol–water partition coefficient (Wildman–Crippen LogP) is 4.46. The van der Waals surface area contributed by atoms with Crippen molar-refractivity contribution in [2.45, 2.75) is 59.0 Å². The zero-order valence-corrected chi connectivity index (χ0v) is 20.3. The quantitative estimate of drug-likeness (QED) is 0.555. The Hall–Kier alpha value is -3.00. The summed E-state index contributed by atoms with van der Waals surface area (Å²) < 4.78 is 5.34. The lowest BCUT2D eigenvalue weighted by atomic mass is 9.91. The van der Waals surface area contributed by atoms with Crippen LogP contribution < -0.4 is 5.32 Å². The molecule has 0 bridgehead atoms. The van der Waals surface area contributed by atoms with E-state index in [-0.39, 0.29) is 17.7 Å². The van der Waals surface area contributed by atoms with Crippen molar-refractivity contribution >= 4 is 23.2 Å². The van der Waals surface area contributed by atoms with E-state index in [1.54, 1.807) is 29.4 Å². The lowest BCUT2D eigenvalue weighted by molar-refractivity contribution is -0.140. The van der Waals surface area contributed by atoms with Gasteiger partial charge in [0.2, 0.25) is 11.8 Å². The van der Waals surface area contributed by atoms with Crippen LogP contribution in [0.15, 0.2) is 40.5 Å². The third-order valence-electron chi connectivity index (χ3n) is 6.16. The molecule has 174 valence electrons. The zero-order valence-electron chi connectivity index (χ0n) is 19.5. The number of aromatic nitrogens is 2. The Bertz CT molecular complexity index is 1120. The Morgan fingerprint density at radius 1 is 1.24 bits per heavy atom. The van der Waals surface area contributed by atoms with Gasteiger partial charge in [-0.3, -0.25) is 9.59 Å². The molecule has 1 saturated heterocycles. The Labute approximate surface area is 198 Å². The lowest BCUT2D eigenvalue weighted by Gasteiger charge is -2.29. The monoisotopic (exact) mass is 466 g/mol. The highest BCUT2D eigenvalue weighted by Crippen LogP contribution is 2.30. The maximum absolute atomic E-state index is 13.4. The van der Waals surface area contributed by atoms with Crippen molar-refractivity contribution in [1.29, 1.82) is 0 Å². The van der Waals surface area contributed by atoms with Crippen molar-refractivity contribution in [1.82, 2.24) is 20.2 Å². The molecule has 1 aliphatic rings. The summed E-state index contributed by atoms with van der Waals surface area (Å²) in [5, 5.41) is 3.03. The van der Waals surface area contributed by atoms with Gasteiger partial charge in [-0.2, -0.15) is 0 Å². The molecule has 0 radical (unpaired) electrons. The summed E-state index contributed by atoms with van der Waals surface area (Å²) >= 11 is 1.62. The van der Waals surface area contributed by atoms with E-state index in [1.165, 1.54) is 0 Å². The standard InChI is InChI=1S/C25H30N4O3S/c1-15(2)22(20-13-32-17(4)28-20)25(31)29-11-5-6-21(29)24(30)26-12-18-7-9-19(10-8-18)23-16(3)27-14-33-23/h7-10,13-15,21-22H,5-6,11-12H2,1-4H3,(H,26,30)/t21-,22?/m0/s1. The molecule has 2 atom stereocenters. The average Bonchev–Trinajstić information content (AvgIpc) is 3.53. The van der Waals surface area contributed by atoms with Crippen LogP contribution >= 0.6 is 11.3 Å². The van der Waals surface area contributed by atoms with Gasteiger partial charge in [-0.15, -0.1) is 11.3 Å². The molecule has 3 heterocycles. The largest absolute Gasteiger partial charge is 0.449 e. The second kappa shape index (κ2) is 9.87. The van der Waals surface area contributed by atoms with Crippen LogP contribution in [0.5, 0.6) is 0 Å². The Balaban J connectivity index is 1.40. The lowest BCUT2D eigenvalue weighted by Crippen LogP contribution is -2.48. The van der Waals surface area contributed by atoms with Crippen molar-refractivity contribution in [2.75, 3.05) is 6.54 Å². The summed E-state index contributed by atoms with van der Waals surface area (Å²) in [6, 6.07) is 7.70. The van der Waals surface area contributed by atoms with Crippen LogP contribution in [0.4, 0.5) is 0 Å². The minimum absolute atomic E-state index is 0.0482. The average molecular weight is 467 g/mol. The van der Waals surface area contributed by atoms with E-state index < -0.39 is 12.0 Å². The van der Waals surface area contributed by atoms with E-state index in [4.69, 9.17) is 4.42 Å². The predicted molar refractivity (Wildman–Crippen MR) is 128 cm³/mol. The molecular weight excluding hydrogens is 436 g/mol. The van der Waals surface area contributed by atoms with E-state index >= 15 is 0 Å². The molecule has 4 rings (SSSR count). The van der Waals surface area contributed by atoms with Gasteiger partial charge in [-0.25, -0.2) is 9.97 Å². The molecule has 1 aromatic carbocycles. The summed E-state index contributed by atoms with van der Waals surface area (Å²) in [5.74, 6) is 0.00332. The summed E-state index contributed by atoms with van der Waals surface area (Å²) in [6.45, 7) is 8.77. The highest BCUT2D eigenvalue weighted by Gasteiger charge is 2.39. The Kier molecular flexibility index (Phi) is 6.93. The number of aryl methyl sites for hydroxylation is 2. The molecule has 1 unspecified atom stereocenters. The minimum atomic E-state index is -0.453. The van der Waals surface area contributed by atoms with Crippen LogP contribution in [0.3, 0.4) is 0 Å². The Morgan fingerprint density at radius 3 is 2.61 bits per heavy atom. The Morgan fingerprint density at radius 2 is 2.00 bits per heavy atom. The van der Waals surface area contributed by atoms with E-state index in [0.717, 1.165) is 28.1 Å². The van der Waals surface area contributed by atoms with Gasteiger partial charge in [-0.05, 0) is 36.8 Å². The normalized spacial score (nSPS) is 16.9. The van der Waals surface area contributed by atoms with Crippen LogP contribution in [0.2, 0.25) is 0 Å². The molecule has 8 heteroatoms. The summed E-state index contributed by atoms with van der Waals surface area (Å²) in [7, 11) is 0. The highest BCUT2D eigenvalue weighted by atomic mass is 32.1. The van der Waals surface area contributed by atoms with Crippen molar-refractivity contribution in [3.05, 3.63) is 58.9 Å². The molecule has 7 nitrogen and oxygen atoms in total. The number of oxazole rings is 1. The van der Waals surface area contributed by atoms with E-state index in [1.807, 2.05) is 38.4 Å². The number of carbonyl (C=O) groups is 2. The molecule has 1 fully saturated rings. The first-order valence-electron chi connectivity index (χ1n) is 11.3. The van der Waals surface area contributed by atoms with E-state index in [2.05, 4.69) is 27.4 Å². The molecular formula is C25H30N4O3S. The molecule has 1 aliphatic heterocycles. The topological polar surface area (TPSA) is 88.3 Å². The summed E-state index contributed by atoms with van der Waals surface area (Å²) in [5.41, 5.74) is 5.65. The number of hydrogen-bond donors (Lipinski definition) is 1. The SMILES string of the molecule is Cc1nc(C(C(=O)N2CCC[C@H]2C(=O)NCc2ccc(-c3scnc3C)cc2)C(C)C)co1. The summed E-state index contributed by atoms with van der Waals surface area (Å²) in [4.78, 5) is 38.0. The summed E-state index contributed by atoms with van der Waals surface area (Å²) in [6.07, 6.45) is 3.04. The molecule has 0 spiro atoms. The number of rotatable bonds is 7. The second-order valence-corrected chi connectivity index (χ2v) is 9.74. The van der Waals surface area contributed by atoms with Crippen LogP contribution in [0.25, 0.3) is 10.4 Å².